The number of anilines is 1. The number of nitrogens with one attached hydrogen (secondary N) is 1. The third-order valence-corrected chi connectivity index (χ3v) is 3.51. The summed E-state index contributed by atoms with van der Waals surface area (Å²) < 4.78 is 0. The molecule has 0 heterocycles. The van der Waals surface area contributed by atoms with Crippen LogP contribution in [-0.4, -0.2) is 17.0 Å². The van der Waals surface area contributed by atoms with Gasteiger partial charge in [0, 0.05) is 5.92 Å². The van der Waals surface area contributed by atoms with E-state index < -0.39 is 5.97 Å². The van der Waals surface area contributed by atoms with Gasteiger partial charge < -0.3 is 10.4 Å². The lowest BCUT2D eigenvalue weighted by Gasteiger charge is -2.16. The molecule has 20 heavy (non-hydrogen) atoms. The van der Waals surface area contributed by atoms with Crippen molar-refractivity contribution in [1.82, 2.24) is 0 Å². The summed E-state index contributed by atoms with van der Waals surface area (Å²) in [6.07, 6.45) is 3.66. The normalized spacial score (nSPS) is 11.9. The molecule has 110 valence electrons. The Morgan fingerprint density at radius 2 is 2.00 bits per heavy atom. The van der Waals surface area contributed by atoms with Gasteiger partial charge in [-0.1, -0.05) is 38.8 Å². The Balaban J connectivity index is 2.89. The number of amides is 1. The van der Waals surface area contributed by atoms with Gasteiger partial charge >= 0.3 is 5.97 Å². The Bertz CT molecular complexity index is 483. The van der Waals surface area contributed by atoms with Crippen LogP contribution in [0.3, 0.4) is 0 Å². The van der Waals surface area contributed by atoms with E-state index in [9.17, 15) is 14.7 Å². The van der Waals surface area contributed by atoms with Gasteiger partial charge in [0.1, 0.15) is 0 Å². The molecule has 0 fully saturated rings. The van der Waals surface area contributed by atoms with Crippen LogP contribution in [0.5, 0.6) is 0 Å². The van der Waals surface area contributed by atoms with Crippen molar-refractivity contribution in [3.8, 4) is 0 Å². The monoisotopic (exact) mass is 277 g/mol. The molecule has 1 atom stereocenters. The number of carboxylic acids is 1. The lowest BCUT2D eigenvalue weighted by Crippen LogP contribution is -2.23. The summed E-state index contributed by atoms with van der Waals surface area (Å²) in [5, 5.41) is 12.0. The lowest BCUT2D eigenvalue weighted by molar-refractivity contribution is -0.120. The zero-order valence-electron chi connectivity index (χ0n) is 12.4. The highest BCUT2D eigenvalue weighted by Gasteiger charge is 2.19. The van der Waals surface area contributed by atoms with E-state index in [0.717, 1.165) is 25.7 Å². The minimum absolute atomic E-state index is 0.0582. The van der Waals surface area contributed by atoms with Crippen LogP contribution in [-0.2, 0) is 4.79 Å². The van der Waals surface area contributed by atoms with Crippen molar-refractivity contribution in [3.63, 3.8) is 0 Å². The average Bonchev–Trinajstić information content (AvgIpc) is 2.39. The molecule has 1 rings (SSSR count). The fraction of sp³-hybridized carbons (Fsp3) is 0.500. The van der Waals surface area contributed by atoms with Crippen LogP contribution in [0.15, 0.2) is 18.2 Å². The maximum absolute atomic E-state index is 12.2. The van der Waals surface area contributed by atoms with E-state index in [1.165, 1.54) is 0 Å². The Labute approximate surface area is 120 Å². The summed E-state index contributed by atoms with van der Waals surface area (Å²) in [6, 6.07) is 5.12. The van der Waals surface area contributed by atoms with Gasteiger partial charge in [0.15, 0.2) is 0 Å². The maximum atomic E-state index is 12.2. The highest BCUT2D eigenvalue weighted by Crippen LogP contribution is 2.22. The van der Waals surface area contributed by atoms with E-state index >= 15 is 0 Å². The zero-order valence-corrected chi connectivity index (χ0v) is 12.4. The number of aryl methyl sites for hydroxylation is 1. The van der Waals surface area contributed by atoms with Gasteiger partial charge in [0.2, 0.25) is 5.91 Å². The fourth-order valence-corrected chi connectivity index (χ4v) is 2.26. The summed E-state index contributed by atoms with van der Waals surface area (Å²) in [7, 11) is 0. The van der Waals surface area contributed by atoms with E-state index in [-0.39, 0.29) is 17.4 Å². The molecule has 0 aliphatic carbocycles. The molecule has 4 heteroatoms. The quantitative estimate of drug-likeness (QED) is 0.795. The first kappa shape index (κ1) is 16.2. The van der Waals surface area contributed by atoms with Crippen molar-refractivity contribution in [2.75, 3.05) is 5.32 Å². The number of rotatable bonds is 7. The second-order valence-electron chi connectivity index (χ2n) is 5.04. The molecule has 1 amide bonds. The van der Waals surface area contributed by atoms with E-state index in [2.05, 4.69) is 12.2 Å². The van der Waals surface area contributed by atoms with Crippen molar-refractivity contribution >= 4 is 17.6 Å². The Morgan fingerprint density at radius 1 is 1.30 bits per heavy atom. The first-order chi connectivity index (χ1) is 9.51. The minimum Gasteiger partial charge on any atom is -0.478 e. The molecule has 2 N–H and O–H groups in total. The molecule has 4 nitrogen and oxygen atoms in total. The third-order valence-electron chi connectivity index (χ3n) is 3.51. The topological polar surface area (TPSA) is 66.4 Å². The van der Waals surface area contributed by atoms with Crippen molar-refractivity contribution < 1.29 is 14.7 Å². The highest BCUT2D eigenvalue weighted by molar-refractivity contribution is 6.02. The molecule has 0 spiro atoms. The molecule has 0 saturated carbocycles. The van der Waals surface area contributed by atoms with Gasteiger partial charge in [0.05, 0.1) is 11.3 Å². The summed E-state index contributed by atoms with van der Waals surface area (Å²) in [4.78, 5) is 23.5. The summed E-state index contributed by atoms with van der Waals surface area (Å²) in [5.41, 5.74) is 1.21. The first-order valence-corrected chi connectivity index (χ1v) is 7.15. The van der Waals surface area contributed by atoms with Crippen LogP contribution in [0.2, 0.25) is 0 Å². The van der Waals surface area contributed by atoms with Gasteiger partial charge in [-0.05, 0) is 31.4 Å². The van der Waals surface area contributed by atoms with Crippen LogP contribution in [0.1, 0.15) is 55.5 Å². The van der Waals surface area contributed by atoms with E-state index in [1.54, 1.807) is 25.1 Å². The van der Waals surface area contributed by atoms with Crippen LogP contribution < -0.4 is 5.32 Å². The Kier molecular flexibility index (Phi) is 6.22. The second-order valence-corrected chi connectivity index (χ2v) is 5.04. The minimum atomic E-state index is -1.01. The van der Waals surface area contributed by atoms with Crippen molar-refractivity contribution in [3.05, 3.63) is 29.3 Å². The van der Waals surface area contributed by atoms with Gasteiger partial charge in [-0.25, -0.2) is 4.79 Å². The highest BCUT2D eigenvalue weighted by atomic mass is 16.4. The molecule has 1 aromatic carbocycles. The SMILES string of the molecule is CCCCC(CC)C(=O)Nc1cccc(C)c1C(=O)O. The largest absolute Gasteiger partial charge is 0.478 e. The summed E-state index contributed by atoms with van der Waals surface area (Å²) in [6.45, 7) is 5.80. The van der Waals surface area contributed by atoms with Crippen LogP contribution in [0.25, 0.3) is 0 Å². The van der Waals surface area contributed by atoms with Gasteiger partial charge in [-0.2, -0.15) is 0 Å². The third kappa shape index (κ3) is 4.08. The van der Waals surface area contributed by atoms with Crippen molar-refractivity contribution in [2.24, 2.45) is 5.92 Å². The number of hydrogen-bond acceptors (Lipinski definition) is 2. The van der Waals surface area contributed by atoms with Crippen LogP contribution in [0.4, 0.5) is 5.69 Å². The predicted octanol–water partition coefficient (Wildman–Crippen LogP) is 3.85. The molecule has 0 aromatic heterocycles. The first-order valence-electron chi connectivity index (χ1n) is 7.15. The summed E-state index contributed by atoms with van der Waals surface area (Å²) in [5.74, 6) is -1.16. The van der Waals surface area contributed by atoms with E-state index in [1.807, 2.05) is 6.92 Å². The molecular weight excluding hydrogens is 254 g/mol. The Hall–Kier alpha value is -1.84. The number of unbranched alkanes of at least 4 members (excludes halogenated alkanes) is 1. The number of carboxylic acid groups (broad SMARTS) is 1. The number of carbonyl (C=O) groups excluding carboxylic acids is 1. The van der Waals surface area contributed by atoms with E-state index in [0.29, 0.717) is 11.3 Å². The van der Waals surface area contributed by atoms with Crippen LogP contribution >= 0.6 is 0 Å². The molecule has 0 radical (unpaired) electrons. The second kappa shape index (κ2) is 7.68. The molecule has 0 aliphatic rings. The van der Waals surface area contributed by atoms with Crippen LogP contribution in [0, 0.1) is 12.8 Å². The number of carbonyl (C=O) groups is 2. The summed E-state index contributed by atoms with van der Waals surface area (Å²) >= 11 is 0. The zero-order chi connectivity index (χ0) is 15.1. The number of benzene rings is 1. The fourth-order valence-electron chi connectivity index (χ4n) is 2.26. The predicted molar refractivity (Wildman–Crippen MR) is 80.1 cm³/mol. The van der Waals surface area contributed by atoms with Gasteiger partial charge in [-0.3, -0.25) is 4.79 Å². The standard InChI is InChI=1S/C16H23NO3/c1-4-6-9-12(5-2)15(18)17-13-10-7-8-11(3)14(13)16(19)20/h7-8,10,12H,4-6,9H2,1-3H3,(H,17,18)(H,19,20). The number of hydrogen-bond donors (Lipinski definition) is 2. The lowest BCUT2D eigenvalue weighted by atomic mass is 9.98. The molecule has 1 unspecified atom stereocenters. The van der Waals surface area contributed by atoms with E-state index in [4.69, 9.17) is 0 Å². The molecular formula is C16H23NO3. The van der Waals surface area contributed by atoms with Gasteiger partial charge in [-0.15, -0.1) is 0 Å². The maximum Gasteiger partial charge on any atom is 0.338 e. The molecule has 0 saturated heterocycles. The van der Waals surface area contributed by atoms with Gasteiger partial charge in [0.25, 0.3) is 0 Å². The molecule has 1 aromatic rings. The number of aromatic carboxylic acids is 1. The average molecular weight is 277 g/mol. The Morgan fingerprint density at radius 3 is 2.55 bits per heavy atom. The van der Waals surface area contributed by atoms with Crippen molar-refractivity contribution in [2.45, 2.75) is 46.5 Å². The molecule has 0 aliphatic heterocycles. The van der Waals surface area contributed by atoms with Crippen molar-refractivity contribution in [1.29, 1.82) is 0 Å². The molecule has 0 bridgehead atoms. The smallest absolute Gasteiger partial charge is 0.338 e.